The quantitative estimate of drug-likeness (QED) is 0.761. The molecule has 1 saturated heterocycles. The third kappa shape index (κ3) is 2.99. The molecule has 2 rings (SSSR count). The van der Waals surface area contributed by atoms with Crippen LogP contribution in [0.3, 0.4) is 0 Å². The van der Waals surface area contributed by atoms with Crippen LogP contribution in [0.15, 0.2) is 11.6 Å². The van der Waals surface area contributed by atoms with Gasteiger partial charge in [0, 0.05) is 19.0 Å². The molecule has 4 nitrogen and oxygen atoms in total. The smallest absolute Gasteiger partial charge is 0.224 e. The van der Waals surface area contributed by atoms with Crippen LogP contribution in [0.4, 0.5) is 0 Å². The van der Waals surface area contributed by atoms with Gasteiger partial charge in [-0.05, 0) is 31.6 Å². The van der Waals surface area contributed by atoms with E-state index in [1.165, 1.54) is 5.57 Å². The van der Waals surface area contributed by atoms with Crippen LogP contribution in [0.1, 0.15) is 40.5 Å². The first-order valence-electron chi connectivity index (χ1n) is 7.04. The molecule has 1 aliphatic heterocycles. The van der Waals surface area contributed by atoms with Gasteiger partial charge in [0.25, 0.3) is 0 Å². The molecule has 1 aliphatic carbocycles. The van der Waals surface area contributed by atoms with Crippen molar-refractivity contribution in [1.82, 2.24) is 10.6 Å². The topological polar surface area (TPSA) is 58.2 Å². The molecule has 0 bridgehead atoms. The summed E-state index contributed by atoms with van der Waals surface area (Å²) in [5.41, 5.74) is 1.32. The van der Waals surface area contributed by atoms with Gasteiger partial charge >= 0.3 is 0 Å². The fraction of sp³-hybridized carbons (Fsp3) is 0.733. The number of piperidine rings is 1. The highest BCUT2D eigenvalue weighted by Gasteiger charge is 2.60. The molecule has 19 heavy (non-hydrogen) atoms. The molecule has 0 unspecified atom stereocenters. The Hall–Kier alpha value is -1.32. The number of hydrogen-bond donors (Lipinski definition) is 2. The summed E-state index contributed by atoms with van der Waals surface area (Å²) in [5.74, 6) is 0.629. The standard InChI is InChI=1S/C15H24N2O2/c1-9(2)7-11-13(15(11,3)4)14(19)17-10-5-6-12(18)16-8-10/h7,10-11,13H,5-6,8H2,1-4H3,(H,16,18)(H,17,19)/t10-,11-,13-/m1/s1. The summed E-state index contributed by atoms with van der Waals surface area (Å²) >= 11 is 0. The predicted molar refractivity (Wildman–Crippen MR) is 74.4 cm³/mol. The summed E-state index contributed by atoms with van der Waals surface area (Å²) in [6, 6.07) is 0.0916. The first-order valence-corrected chi connectivity index (χ1v) is 7.04. The Balaban J connectivity index is 1.91. The summed E-state index contributed by atoms with van der Waals surface area (Å²) in [7, 11) is 0. The van der Waals surface area contributed by atoms with E-state index >= 15 is 0 Å². The molecule has 0 aromatic heterocycles. The van der Waals surface area contributed by atoms with Gasteiger partial charge in [-0.25, -0.2) is 0 Å². The number of amides is 2. The summed E-state index contributed by atoms with van der Waals surface area (Å²) in [4.78, 5) is 23.4. The van der Waals surface area contributed by atoms with E-state index in [-0.39, 0.29) is 29.2 Å². The lowest BCUT2D eigenvalue weighted by molar-refractivity contribution is -0.126. The lowest BCUT2D eigenvalue weighted by Crippen LogP contribution is -2.48. The SMILES string of the molecule is CC(C)=C[C@@H]1[C@H](C(=O)N[C@@H]2CCC(=O)NC2)C1(C)C. The molecular formula is C15H24N2O2. The second-order valence-corrected chi connectivity index (χ2v) is 6.62. The van der Waals surface area contributed by atoms with Gasteiger partial charge in [-0.15, -0.1) is 0 Å². The van der Waals surface area contributed by atoms with Crippen molar-refractivity contribution in [2.75, 3.05) is 6.54 Å². The zero-order chi connectivity index (χ0) is 14.2. The first-order chi connectivity index (χ1) is 8.82. The molecule has 2 amide bonds. The summed E-state index contributed by atoms with van der Waals surface area (Å²) < 4.78 is 0. The minimum absolute atomic E-state index is 0.0548. The maximum atomic E-state index is 12.3. The summed E-state index contributed by atoms with van der Waals surface area (Å²) in [6.07, 6.45) is 3.46. The van der Waals surface area contributed by atoms with E-state index in [0.29, 0.717) is 18.9 Å². The molecule has 1 heterocycles. The normalized spacial score (nSPS) is 32.2. The Kier molecular flexibility index (Phi) is 3.70. The van der Waals surface area contributed by atoms with Crippen molar-refractivity contribution in [2.24, 2.45) is 17.3 Å². The Labute approximate surface area is 115 Å². The highest BCUT2D eigenvalue weighted by molar-refractivity contribution is 5.84. The van der Waals surface area contributed by atoms with Crippen molar-refractivity contribution in [2.45, 2.75) is 46.6 Å². The molecule has 1 saturated carbocycles. The van der Waals surface area contributed by atoms with Crippen LogP contribution in [0, 0.1) is 17.3 Å². The fourth-order valence-corrected chi connectivity index (χ4v) is 3.00. The lowest BCUT2D eigenvalue weighted by Gasteiger charge is -2.23. The van der Waals surface area contributed by atoms with E-state index in [9.17, 15) is 9.59 Å². The molecule has 0 aromatic carbocycles. The van der Waals surface area contributed by atoms with Gasteiger partial charge in [0.15, 0.2) is 0 Å². The molecule has 0 spiro atoms. The van der Waals surface area contributed by atoms with Gasteiger partial charge in [0.1, 0.15) is 0 Å². The average molecular weight is 264 g/mol. The summed E-state index contributed by atoms with van der Waals surface area (Å²) in [5, 5.41) is 5.87. The Morgan fingerprint density at radius 2 is 2.11 bits per heavy atom. The number of carbonyl (C=O) groups excluding carboxylic acids is 2. The van der Waals surface area contributed by atoms with Crippen LogP contribution in [-0.2, 0) is 9.59 Å². The lowest BCUT2D eigenvalue weighted by atomic mass is 10.1. The van der Waals surface area contributed by atoms with Crippen LogP contribution < -0.4 is 10.6 Å². The molecule has 106 valence electrons. The van der Waals surface area contributed by atoms with E-state index in [4.69, 9.17) is 0 Å². The highest BCUT2D eigenvalue weighted by Crippen LogP contribution is 2.59. The molecule has 2 fully saturated rings. The molecular weight excluding hydrogens is 240 g/mol. The Bertz CT molecular complexity index is 412. The number of hydrogen-bond acceptors (Lipinski definition) is 2. The minimum Gasteiger partial charge on any atom is -0.354 e. The molecule has 0 radical (unpaired) electrons. The van der Waals surface area contributed by atoms with Gasteiger partial charge in [-0.3, -0.25) is 9.59 Å². The van der Waals surface area contributed by atoms with Gasteiger partial charge in [-0.2, -0.15) is 0 Å². The van der Waals surface area contributed by atoms with E-state index in [1.807, 2.05) is 0 Å². The van der Waals surface area contributed by atoms with Crippen molar-refractivity contribution in [3.05, 3.63) is 11.6 Å². The maximum absolute atomic E-state index is 12.3. The number of nitrogens with one attached hydrogen (secondary N) is 2. The third-order valence-corrected chi connectivity index (χ3v) is 4.32. The molecule has 3 atom stereocenters. The highest BCUT2D eigenvalue weighted by atomic mass is 16.2. The van der Waals surface area contributed by atoms with Crippen molar-refractivity contribution in [3.8, 4) is 0 Å². The maximum Gasteiger partial charge on any atom is 0.224 e. The summed E-state index contributed by atoms with van der Waals surface area (Å²) in [6.45, 7) is 8.99. The van der Waals surface area contributed by atoms with Crippen LogP contribution in [-0.4, -0.2) is 24.4 Å². The van der Waals surface area contributed by atoms with E-state index in [0.717, 1.165) is 6.42 Å². The monoisotopic (exact) mass is 264 g/mol. The molecule has 2 N–H and O–H groups in total. The largest absolute Gasteiger partial charge is 0.354 e. The van der Waals surface area contributed by atoms with Crippen molar-refractivity contribution in [1.29, 1.82) is 0 Å². The van der Waals surface area contributed by atoms with Crippen molar-refractivity contribution >= 4 is 11.8 Å². The zero-order valence-corrected chi connectivity index (χ0v) is 12.2. The second-order valence-electron chi connectivity index (χ2n) is 6.62. The third-order valence-electron chi connectivity index (χ3n) is 4.32. The predicted octanol–water partition coefficient (Wildman–Crippen LogP) is 1.62. The minimum atomic E-state index is 0.0548. The zero-order valence-electron chi connectivity index (χ0n) is 12.2. The number of rotatable bonds is 3. The van der Waals surface area contributed by atoms with Gasteiger partial charge in [0.05, 0.1) is 5.92 Å². The van der Waals surface area contributed by atoms with Crippen molar-refractivity contribution in [3.63, 3.8) is 0 Å². The molecule has 2 aliphatic rings. The second kappa shape index (κ2) is 4.99. The fourth-order valence-electron chi connectivity index (χ4n) is 3.00. The van der Waals surface area contributed by atoms with Crippen LogP contribution in [0.5, 0.6) is 0 Å². The molecule has 4 heteroatoms. The van der Waals surface area contributed by atoms with Gasteiger partial charge in [0.2, 0.25) is 11.8 Å². The molecule has 0 aromatic rings. The van der Waals surface area contributed by atoms with E-state index in [2.05, 4.69) is 44.4 Å². The Morgan fingerprint density at radius 3 is 2.63 bits per heavy atom. The van der Waals surface area contributed by atoms with E-state index in [1.54, 1.807) is 0 Å². The average Bonchev–Trinajstić information content (AvgIpc) is 2.83. The van der Waals surface area contributed by atoms with Crippen LogP contribution in [0.2, 0.25) is 0 Å². The number of allylic oxidation sites excluding steroid dienone is 2. The van der Waals surface area contributed by atoms with Crippen LogP contribution >= 0.6 is 0 Å². The van der Waals surface area contributed by atoms with Crippen LogP contribution in [0.25, 0.3) is 0 Å². The first kappa shape index (κ1) is 14.1. The van der Waals surface area contributed by atoms with Gasteiger partial charge in [-0.1, -0.05) is 25.5 Å². The van der Waals surface area contributed by atoms with Gasteiger partial charge < -0.3 is 10.6 Å². The van der Waals surface area contributed by atoms with Crippen molar-refractivity contribution < 1.29 is 9.59 Å². The Morgan fingerprint density at radius 1 is 1.42 bits per heavy atom. The number of carbonyl (C=O) groups is 2. The van der Waals surface area contributed by atoms with E-state index < -0.39 is 0 Å².